The lowest BCUT2D eigenvalue weighted by atomic mass is 10.1. The number of amidine groups is 2. The zero-order valence-corrected chi connectivity index (χ0v) is 21.2. The summed E-state index contributed by atoms with van der Waals surface area (Å²) >= 11 is 0. The molecular weight excluding hydrogens is 501 g/mol. The van der Waals surface area contributed by atoms with Gasteiger partial charge in [0.25, 0.3) is 0 Å². The highest BCUT2D eigenvalue weighted by atomic mass is 32.2. The fourth-order valence-electron chi connectivity index (χ4n) is 3.94. The zero-order valence-electron chi connectivity index (χ0n) is 20.4. The van der Waals surface area contributed by atoms with Crippen LogP contribution in [-0.2, 0) is 14.8 Å². The molecule has 0 spiro atoms. The zero-order chi connectivity index (χ0) is 27.2. The summed E-state index contributed by atoms with van der Waals surface area (Å²) in [4.78, 5) is 13.2. The number of anilines is 1. The molecule has 1 heterocycles. The smallest absolute Gasteiger partial charge is 0.320 e. The molecule has 10 nitrogen and oxygen atoms in total. The maximum absolute atomic E-state index is 15.0. The Morgan fingerprint density at radius 3 is 2.43 bits per heavy atom. The minimum atomic E-state index is -4.41. The predicted octanol–water partition coefficient (Wildman–Crippen LogP) is 3.04. The topological polar surface area (TPSA) is 161 Å². The number of ether oxygens (including phenoxy) is 1. The van der Waals surface area contributed by atoms with E-state index in [4.69, 9.17) is 26.4 Å². The second kappa shape index (κ2) is 11.9. The van der Waals surface area contributed by atoms with Crippen LogP contribution in [0.25, 0.3) is 6.08 Å². The minimum Gasteiger partial charge on any atom is -0.490 e. The van der Waals surface area contributed by atoms with Crippen molar-refractivity contribution in [3.05, 3.63) is 65.5 Å². The molecule has 0 atom stereocenters. The van der Waals surface area contributed by atoms with E-state index in [1.807, 2.05) is 4.90 Å². The van der Waals surface area contributed by atoms with Gasteiger partial charge in [-0.25, -0.2) is 12.8 Å². The van der Waals surface area contributed by atoms with Gasteiger partial charge >= 0.3 is 5.97 Å². The van der Waals surface area contributed by atoms with Crippen molar-refractivity contribution in [3.63, 3.8) is 0 Å². The number of carboxylic acid groups (broad SMARTS) is 1. The van der Waals surface area contributed by atoms with Crippen molar-refractivity contribution >= 4 is 39.4 Å². The van der Waals surface area contributed by atoms with Gasteiger partial charge in [-0.1, -0.05) is 18.2 Å². The standard InChI is InChI=1S/C25H30FN5O5S/c1-17(27)30-11-9-23(10-12-30)36-22-7-5-21(6-8-22)31(37(34,35)16-24(32)33)15-20(26)14-18-3-2-4-19(13-18)25(28)29/h2-8,13-14,23,27H,9-12,15-16H2,1H3,(H3,28,29)(H,32,33)/b20-14-,27-17?. The molecule has 1 saturated heterocycles. The predicted molar refractivity (Wildman–Crippen MR) is 140 cm³/mol. The van der Waals surface area contributed by atoms with E-state index in [1.165, 1.54) is 18.2 Å². The van der Waals surface area contributed by atoms with Gasteiger partial charge < -0.3 is 20.5 Å². The largest absolute Gasteiger partial charge is 0.490 e. The van der Waals surface area contributed by atoms with Crippen molar-refractivity contribution in [3.8, 4) is 5.75 Å². The molecule has 0 aromatic heterocycles. The summed E-state index contributed by atoms with van der Waals surface area (Å²) in [6.45, 7) is 2.44. The van der Waals surface area contributed by atoms with Crippen molar-refractivity contribution in [2.75, 3.05) is 29.7 Å². The highest BCUT2D eigenvalue weighted by molar-refractivity contribution is 7.93. The molecule has 2 aromatic carbocycles. The van der Waals surface area contributed by atoms with Gasteiger partial charge in [0, 0.05) is 31.5 Å². The van der Waals surface area contributed by atoms with E-state index in [9.17, 15) is 17.6 Å². The third kappa shape index (κ3) is 7.78. The molecule has 198 valence electrons. The van der Waals surface area contributed by atoms with Crippen molar-refractivity contribution in [2.45, 2.75) is 25.9 Å². The van der Waals surface area contributed by atoms with Gasteiger partial charge in [0.1, 0.15) is 23.5 Å². The molecule has 1 aliphatic heterocycles. The number of hydrogen-bond acceptors (Lipinski definition) is 6. The number of piperidine rings is 1. The summed E-state index contributed by atoms with van der Waals surface area (Å²) in [5, 5.41) is 24.3. The highest BCUT2D eigenvalue weighted by Gasteiger charge is 2.27. The van der Waals surface area contributed by atoms with E-state index in [-0.39, 0.29) is 17.6 Å². The Hall–Kier alpha value is -3.93. The molecule has 1 aliphatic rings. The van der Waals surface area contributed by atoms with Crippen LogP contribution in [0, 0.1) is 10.8 Å². The summed E-state index contributed by atoms with van der Waals surface area (Å²) in [5.74, 6) is -2.78. The lowest BCUT2D eigenvalue weighted by molar-refractivity contribution is -0.134. The first-order chi connectivity index (χ1) is 17.4. The van der Waals surface area contributed by atoms with Gasteiger partial charge in [0.2, 0.25) is 10.0 Å². The van der Waals surface area contributed by atoms with Crippen LogP contribution < -0.4 is 14.8 Å². The molecule has 0 amide bonds. The van der Waals surface area contributed by atoms with Crippen LogP contribution in [0.2, 0.25) is 0 Å². The molecular formula is C25H30FN5O5S. The summed E-state index contributed by atoms with van der Waals surface area (Å²) in [7, 11) is -4.41. The number of carbonyl (C=O) groups is 1. The average molecular weight is 532 g/mol. The Bertz CT molecular complexity index is 1290. The Labute approximate surface area is 215 Å². The summed E-state index contributed by atoms with van der Waals surface area (Å²) in [6, 6.07) is 12.2. The fourth-order valence-corrected chi connectivity index (χ4v) is 5.17. The van der Waals surface area contributed by atoms with E-state index in [0.29, 0.717) is 40.1 Å². The second-order valence-electron chi connectivity index (χ2n) is 8.67. The first-order valence-corrected chi connectivity index (χ1v) is 13.1. The molecule has 0 unspecified atom stereocenters. The molecule has 0 radical (unpaired) electrons. The number of hydrogen-bond donors (Lipinski definition) is 4. The second-order valence-corrected chi connectivity index (χ2v) is 10.6. The normalized spacial score (nSPS) is 14.8. The molecule has 12 heteroatoms. The van der Waals surface area contributed by atoms with Crippen LogP contribution in [0.1, 0.15) is 30.9 Å². The van der Waals surface area contributed by atoms with Gasteiger partial charge in [-0.2, -0.15) is 0 Å². The third-order valence-corrected chi connectivity index (χ3v) is 7.42. The van der Waals surface area contributed by atoms with Gasteiger partial charge in [-0.3, -0.25) is 19.9 Å². The number of aliphatic carboxylic acids is 1. The Kier molecular flexibility index (Phi) is 8.87. The van der Waals surface area contributed by atoms with Gasteiger partial charge in [-0.05, 0) is 48.9 Å². The van der Waals surface area contributed by atoms with Crippen LogP contribution in [-0.4, -0.2) is 67.6 Å². The van der Waals surface area contributed by atoms with E-state index in [1.54, 1.807) is 37.3 Å². The number of nitrogens with one attached hydrogen (secondary N) is 2. The summed E-state index contributed by atoms with van der Waals surface area (Å²) in [6.07, 6.45) is 2.52. The first-order valence-electron chi connectivity index (χ1n) is 11.5. The third-order valence-electron chi connectivity index (χ3n) is 5.80. The number of halogens is 1. The maximum Gasteiger partial charge on any atom is 0.320 e. The monoisotopic (exact) mass is 531 g/mol. The van der Waals surface area contributed by atoms with Crippen LogP contribution in [0.15, 0.2) is 54.4 Å². The van der Waals surface area contributed by atoms with Crippen LogP contribution >= 0.6 is 0 Å². The Balaban J connectivity index is 1.79. The van der Waals surface area contributed by atoms with E-state index in [0.717, 1.165) is 18.9 Å². The number of carboxylic acids is 1. The van der Waals surface area contributed by atoms with E-state index >= 15 is 0 Å². The Morgan fingerprint density at radius 2 is 1.86 bits per heavy atom. The first kappa shape index (κ1) is 27.7. The van der Waals surface area contributed by atoms with Crippen molar-refractivity contribution in [1.82, 2.24) is 4.90 Å². The quantitative estimate of drug-likeness (QED) is 0.271. The number of nitrogens with two attached hydrogens (primary N) is 1. The SMILES string of the molecule is CC(=N)N1CCC(Oc2ccc(N(C/C(F)=C/c3cccc(C(=N)N)c3)S(=O)(=O)CC(=O)O)cc2)CC1. The molecule has 1 fully saturated rings. The van der Waals surface area contributed by atoms with Crippen LogP contribution in [0.5, 0.6) is 5.75 Å². The Morgan fingerprint density at radius 1 is 1.22 bits per heavy atom. The molecule has 2 aromatic rings. The van der Waals surface area contributed by atoms with E-state index in [2.05, 4.69) is 0 Å². The molecule has 37 heavy (non-hydrogen) atoms. The molecule has 3 rings (SSSR count). The fraction of sp³-hybridized carbons (Fsp3) is 0.320. The van der Waals surface area contributed by atoms with Crippen molar-refractivity contribution in [2.24, 2.45) is 5.73 Å². The highest BCUT2D eigenvalue weighted by Crippen LogP contribution is 2.26. The molecule has 0 aliphatic carbocycles. The van der Waals surface area contributed by atoms with Crippen molar-refractivity contribution < 1.29 is 27.4 Å². The van der Waals surface area contributed by atoms with E-state index < -0.39 is 34.1 Å². The molecule has 0 saturated carbocycles. The summed E-state index contributed by atoms with van der Waals surface area (Å²) < 4.78 is 47.3. The molecule has 0 bridgehead atoms. The number of likely N-dealkylation sites (tertiary alicyclic amines) is 1. The lowest BCUT2D eigenvalue weighted by Crippen LogP contribution is -2.40. The van der Waals surface area contributed by atoms with Gasteiger partial charge in [0.05, 0.1) is 18.1 Å². The number of nitrogens with zero attached hydrogens (tertiary/aromatic N) is 2. The van der Waals surface area contributed by atoms with Gasteiger partial charge in [0.15, 0.2) is 5.75 Å². The summed E-state index contributed by atoms with van der Waals surface area (Å²) in [5.41, 5.74) is 6.30. The minimum absolute atomic E-state index is 0.0561. The van der Waals surface area contributed by atoms with Crippen LogP contribution in [0.4, 0.5) is 10.1 Å². The average Bonchev–Trinajstić information content (AvgIpc) is 2.83. The number of nitrogen functional groups attached to an aromatic ring is 1. The van der Waals surface area contributed by atoms with Crippen LogP contribution in [0.3, 0.4) is 0 Å². The number of benzene rings is 2. The number of sulfonamides is 1. The lowest BCUT2D eigenvalue weighted by Gasteiger charge is -2.32. The maximum atomic E-state index is 15.0. The van der Waals surface area contributed by atoms with Crippen molar-refractivity contribution in [1.29, 1.82) is 10.8 Å². The number of rotatable bonds is 10. The van der Waals surface area contributed by atoms with Gasteiger partial charge in [-0.15, -0.1) is 0 Å². The molecule has 5 N–H and O–H groups in total.